The molecule has 0 fully saturated rings. The van der Waals surface area contributed by atoms with Gasteiger partial charge < -0.3 is 4.90 Å². The molecule has 0 saturated carbocycles. The van der Waals surface area contributed by atoms with Crippen LogP contribution in [-0.2, 0) is 13.1 Å². The Morgan fingerprint density at radius 3 is 2.67 bits per heavy atom. The molecule has 3 heterocycles. The van der Waals surface area contributed by atoms with Gasteiger partial charge in [-0.05, 0) is 47.9 Å². The van der Waals surface area contributed by atoms with E-state index in [1.54, 1.807) is 30.3 Å². The minimum absolute atomic E-state index is 0.0538. The number of carbonyl (C=O) groups excluding carboxylic acids is 1. The Morgan fingerprint density at radius 1 is 1.11 bits per heavy atom. The number of hydrogen-bond donors (Lipinski definition) is 0. The monoisotopic (exact) mass is 367 g/mol. The third kappa shape index (κ3) is 2.91. The summed E-state index contributed by atoms with van der Waals surface area (Å²) < 4.78 is 28.6. The third-order valence-corrected chi connectivity index (χ3v) is 4.70. The van der Waals surface area contributed by atoms with Crippen molar-refractivity contribution >= 4 is 5.91 Å². The Hall–Kier alpha value is -3.35. The standard InChI is InChI=1S/C20H15F2N3O2/c1-12-5-7-25(17-8-15(21)2-3-16(17)22)20(27)18(12)19(26)24-10-13-4-6-23-9-14(13)11-24/h2-9H,10-11H2,1H3. The first-order valence-corrected chi connectivity index (χ1v) is 8.34. The van der Waals surface area contributed by atoms with E-state index in [2.05, 4.69) is 4.98 Å². The molecular formula is C20H15F2N3O2. The molecule has 0 atom stereocenters. The summed E-state index contributed by atoms with van der Waals surface area (Å²) in [4.78, 5) is 31.5. The average Bonchev–Trinajstić information content (AvgIpc) is 3.08. The summed E-state index contributed by atoms with van der Waals surface area (Å²) in [6, 6.07) is 6.23. The molecule has 1 aromatic carbocycles. The number of hydrogen-bond acceptors (Lipinski definition) is 3. The van der Waals surface area contributed by atoms with E-state index in [-0.39, 0.29) is 11.3 Å². The zero-order valence-electron chi connectivity index (χ0n) is 14.4. The molecule has 27 heavy (non-hydrogen) atoms. The van der Waals surface area contributed by atoms with Crippen LogP contribution in [0.3, 0.4) is 0 Å². The lowest BCUT2D eigenvalue weighted by Crippen LogP contribution is -2.34. The molecule has 7 heteroatoms. The average molecular weight is 367 g/mol. The van der Waals surface area contributed by atoms with Gasteiger partial charge >= 0.3 is 0 Å². The Morgan fingerprint density at radius 2 is 1.89 bits per heavy atom. The zero-order valence-corrected chi connectivity index (χ0v) is 14.4. The number of rotatable bonds is 2. The van der Waals surface area contributed by atoms with Crippen LogP contribution in [0.1, 0.15) is 27.0 Å². The van der Waals surface area contributed by atoms with Crippen LogP contribution in [-0.4, -0.2) is 20.4 Å². The molecule has 136 valence electrons. The molecule has 0 bridgehead atoms. The summed E-state index contributed by atoms with van der Waals surface area (Å²) in [5.74, 6) is -1.87. The van der Waals surface area contributed by atoms with E-state index in [0.717, 1.165) is 33.9 Å². The van der Waals surface area contributed by atoms with Crippen LogP contribution in [0.25, 0.3) is 5.69 Å². The van der Waals surface area contributed by atoms with Crippen molar-refractivity contribution in [2.24, 2.45) is 0 Å². The SMILES string of the molecule is Cc1ccn(-c2cc(F)ccc2F)c(=O)c1C(=O)N1Cc2ccncc2C1. The van der Waals surface area contributed by atoms with Crippen molar-refractivity contribution in [2.75, 3.05) is 0 Å². The van der Waals surface area contributed by atoms with Crippen molar-refractivity contribution in [3.63, 3.8) is 0 Å². The highest BCUT2D eigenvalue weighted by atomic mass is 19.1. The molecule has 3 aromatic rings. The highest BCUT2D eigenvalue weighted by Crippen LogP contribution is 2.23. The van der Waals surface area contributed by atoms with Crippen LogP contribution in [0.5, 0.6) is 0 Å². The van der Waals surface area contributed by atoms with Crippen LogP contribution in [0.15, 0.2) is 53.7 Å². The first-order chi connectivity index (χ1) is 13.0. The predicted molar refractivity (Wildman–Crippen MR) is 94.5 cm³/mol. The summed E-state index contributed by atoms with van der Waals surface area (Å²) >= 11 is 0. The van der Waals surface area contributed by atoms with E-state index in [9.17, 15) is 18.4 Å². The van der Waals surface area contributed by atoms with Crippen LogP contribution in [0.4, 0.5) is 8.78 Å². The van der Waals surface area contributed by atoms with Gasteiger partial charge in [0.25, 0.3) is 11.5 Å². The number of nitrogens with zero attached hydrogens (tertiary/aromatic N) is 3. The molecule has 0 N–H and O–H groups in total. The van der Waals surface area contributed by atoms with Crippen LogP contribution in [0, 0.1) is 18.6 Å². The minimum Gasteiger partial charge on any atom is -0.330 e. The number of benzene rings is 1. The number of amides is 1. The third-order valence-electron chi connectivity index (χ3n) is 4.70. The lowest BCUT2D eigenvalue weighted by Gasteiger charge is -2.17. The number of aryl methyl sites for hydroxylation is 1. The molecule has 1 amide bonds. The van der Waals surface area contributed by atoms with Gasteiger partial charge in [0.1, 0.15) is 17.2 Å². The normalized spacial score (nSPS) is 12.9. The number of aromatic nitrogens is 2. The first kappa shape index (κ1) is 17.1. The molecule has 0 saturated heterocycles. The van der Waals surface area contributed by atoms with Gasteiger partial charge in [-0.15, -0.1) is 0 Å². The van der Waals surface area contributed by atoms with Gasteiger partial charge in [-0.1, -0.05) is 0 Å². The lowest BCUT2D eigenvalue weighted by molar-refractivity contribution is 0.0748. The van der Waals surface area contributed by atoms with E-state index in [0.29, 0.717) is 18.7 Å². The molecule has 0 spiro atoms. The largest absolute Gasteiger partial charge is 0.330 e. The minimum atomic E-state index is -0.750. The van der Waals surface area contributed by atoms with Gasteiger partial charge in [0.15, 0.2) is 0 Å². The predicted octanol–water partition coefficient (Wildman–Crippen LogP) is 2.98. The van der Waals surface area contributed by atoms with Gasteiger partial charge in [0, 0.05) is 37.7 Å². The van der Waals surface area contributed by atoms with E-state index >= 15 is 0 Å². The summed E-state index contributed by atoms with van der Waals surface area (Å²) in [6.45, 7) is 2.37. The van der Waals surface area contributed by atoms with E-state index in [1.165, 1.54) is 6.20 Å². The molecule has 2 aromatic heterocycles. The fourth-order valence-electron chi connectivity index (χ4n) is 3.27. The Balaban J connectivity index is 1.77. The van der Waals surface area contributed by atoms with Crippen LogP contribution < -0.4 is 5.56 Å². The summed E-state index contributed by atoms with van der Waals surface area (Å²) in [5, 5.41) is 0. The van der Waals surface area contributed by atoms with Crippen molar-refractivity contribution in [2.45, 2.75) is 20.0 Å². The second-order valence-corrected chi connectivity index (χ2v) is 6.45. The van der Waals surface area contributed by atoms with Gasteiger partial charge in [-0.3, -0.25) is 19.1 Å². The lowest BCUT2D eigenvalue weighted by atomic mass is 10.1. The molecule has 0 radical (unpaired) electrons. The zero-order chi connectivity index (χ0) is 19.1. The Labute approximate surface area is 153 Å². The summed E-state index contributed by atoms with van der Waals surface area (Å²) in [5.41, 5.74) is 1.41. The maximum atomic E-state index is 14.1. The van der Waals surface area contributed by atoms with E-state index < -0.39 is 23.1 Å². The molecule has 4 rings (SSSR count). The number of fused-ring (bicyclic) bond motifs is 1. The highest BCUT2D eigenvalue weighted by molar-refractivity contribution is 5.95. The van der Waals surface area contributed by atoms with E-state index in [4.69, 9.17) is 0 Å². The van der Waals surface area contributed by atoms with Crippen molar-refractivity contribution < 1.29 is 13.6 Å². The second kappa shape index (κ2) is 6.42. The number of halogens is 2. The maximum absolute atomic E-state index is 14.1. The second-order valence-electron chi connectivity index (χ2n) is 6.45. The molecule has 0 aliphatic carbocycles. The molecule has 1 aliphatic rings. The van der Waals surface area contributed by atoms with Gasteiger partial charge in [-0.2, -0.15) is 0 Å². The van der Waals surface area contributed by atoms with Gasteiger partial charge in [-0.25, -0.2) is 8.78 Å². The highest BCUT2D eigenvalue weighted by Gasteiger charge is 2.28. The fourth-order valence-corrected chi connectivity index (χ4v) is 3.27. The number of pyridine rings is 2. The van der Waals surface area contributed by atoms with Crippen molar-refractivity contribution in [3.05, 3.63) is 93.2 Å². The topological polar surface area (TPSA) is 55.2 Å². The number of carbonyl (C=O) groups is 1. The molecular weight excluding hydrogens is 352 g/mol. The smallest absolute Gasteiger partial charge is 0.268 e. The van der Waals surface area contributed by atoms with Gasteiger partial charge in [0.2, 0.25) is 0 Å². The molecule has 5 nitrogen and oxygen atoms in total. The fraction of sp³-hybridized carbons (Fsp3) is 0.150. The Kier molecular flexibility index (Phi) is 4.07. The van der Waals surface area contributed by atoms with Crippen molar-refractivity contribution in [1.82, 2.24) is 14.5 Å². The van der Waals surface area contributed by atoms with Crippen molar-refractivity contribution in [3.8, 4) is 5.69 Å². The molecule has 1 aliphatic heterocycles. The summed E-state index contributed by atoms with van der Waals surface area (Å²) in [7, 11) is 0. The molecule has 0 unspecified atom stereocenters. The van der Waals surface area contributed by atoms with Crippen molar-refractivity contribution in [1.29, 1.82) is 0 Å². The quantitative estimate of drug-likeness (QED) is 0.700. The maximum Gasteiger partial charge on any atom is 0.268 e. The van der Waals surface area contributed by atoms with Gasteiger partial charge in [0.05, 0.1) is 5.69 Å². The van der Waals surface area contributed by atoms with Crippen LogP contribution in [0.2, 0.25) is 0 Å². The summed E-state index contributed by atoms with van der Waals surface area (Å²) in [6.07, 6.45) is 4.69. The van der Waals surface area contributed by atoms with E-state index in [1.807, 2.05) is 6.07 Å². The Bertz CT molecular complexity index is 1100. The first-order valence-electron chi connectivity index (χ1n) is 8.34. The van der Waals surface area contributed by atoms with Crippen LogP contribution >= 0.6 is 0 Å².